The number of para-hydroxylation sites is 2. The van der Waals surface area contributed by atoms with Crippen LogP contribution in [0.4, 0.5) is 17.1 Å². The molecule has 2 aromatic heterocycles. The molecular weight excluding hydrogens is 640 g/mol. The highest BCUT2D eigenvalue weighted by Gasteiger charge is 2.18. The first-order chi connectivity index (χ1) is 23.0. The van der Waals surface area contributed by atoms with Crippen LogP contribution in [0.2, 0.25) is 0 Å². The normalized spacial score (nSPS) is 11.6. The minimum Gasteiger partial charge on any atom is -0.346 e. The number of anilines is 3. The van der Waals surface area contributed by atoms with Gasteiger partial charge in [-0.15, -0.1) is 11.3 Å². The van der Waals surface area contributed by atoms with E-state index >= 15 is 0 Å². The van der Waals surface area contributed by atoms with Crippen LogP contribution >= 0.6 is 31.4 Å². The van der Waals surface area contributed by atoms with Crippen molar-refractivity contribution in [3.05, 3.63) is 144 Å². The number of aryl methyl sites for hydroxylation is 1. The Morgan fingerprint density at radius 2 is 1.28 bits per heavy atom. The predicted octanol–water partition coefficient (Wildman–Crippen LogP) is 10.7. The van der Waals surface area contributed by atoms with Crippen LogP contribution in [0.1, 0.15) is 11.1 Å². The van der Waals surface area contributed by atoms with Gasteiger partial charge in [0.1, 0.15) is 22.4 Å². The van der Waals surface area contributed by atoms with Crippen molar-refractivity contribution >= 4 is 65.6 Å². The fourth-order valence-electron chi connectivity index (χ4n) is 5.61. The Morgan fingerprint density at radius 1 is 0.723 bits per heavy atom. The monoisotopic (exact) mass is 666 g/mol. The summed E-state index contributed by atoms with van der Waals surface area (Å²) < 4.78 is 9.37. The van der Waals surface area contributed by atoms with E-state index in [-0.39, 0.29) is 5.31 Å². The van der Waals surface area contributed by atoms with Gasteiger partial charge < -0.3 is 14.7 Å². The predicted molar refractivity (Wildman–Crippen MR) is 196 cm³/mol. The van der Waals surface area contributed by atoms with Crippen molar-refractivity contribution in [2.24, 2.45) is 0 Å². The zero-order valence-corrected chi connectivity index (χ0v) is 27.7. The minimum atomic E-state index is -2.44. The number of benzene rings is 5. The van der Waals surface area contributed by atoms with Gasteiger partial charge in [-0.25, -0.2) is 0 Å². The number of nitriles is 1. The number of rotatable bonds is 8. The van der Waals surface area contributed by atoms with Gasteiger partial charge in [0, 0.05) is 37.9 Å². The van der Waals surface area contributed by atoms with Gasteiger partial charge in [0.05, 0.1) is 11.7 Å². The smallest absolute Gasteiger partial charge is 0.210 e. The van der Waals surface area contributed by atoms with Gasteiger partial charge in [-0.3, -0.25) is 0 Å². The van der Waals surface area contributed by atoms with Crippen LogP contribution < -0.4 is 4.90 Å². The van der Waals surface area contributed by atoms with Crippen molar-refractivity contribution in [3.63, 3.8) is 0 Å². The van der Waals surface area contributed by atoms with E-state index in [1.165, 1.54) is 28.2 Å². The van der Waals surface area contributed by atoms with Crippen LogP contribution in [-0.2, 0) is 0 Å². The topological polar surface area (TPSA) is 93.3 Å². The minimum absolute atomic E-state index is 0.0499. The third kappa shape index (κ3) is 6.24. The van der Waals surface area contributed by atoms with E-state index in [9.17, 15) is 9.79 Å². The molecule has 228 valence electrons. The highest BCUT2D eigenvalue weighted by molar-refractivity contribution is 7.50. The fraction of sp³-hybridized carbons (Fsp3) is 0.0263. The maximum absolute atomic E-state index is 9.43. The van der Waals surface area contributed by atoms with Crippen molar-refractivity contribution < 1.29 is 9.79 Å². The summed E-state index contributed by atoms with van der Waals surface area (Å²) in [4.78, 5) is 23.5. The average molecular weight is 667 g/mol. The molecule has 0 fully saturated rings. The van der Waals surface area contributed by atoms with Gasteiger partial charge in [-0.05, 0) is 77.7 Å². The summed E-state index contributed by atoms with van der Waals surface area (Å²) >= 11 is 2.95. The first-order valence-corrected chi connectivity index (χ1v) is 17.6. The Hall–Kier alpha value is -5.00. The Kier molecular flexibility index (Phi) is 8.73. The molecule has 7 rings (SSSR count). The first-order valence-electron chi connectivity index (χ1n) is 14.8. The number of fused-ring (bicyclic) bond motifs is 1. The number of thiophene rings is 1. The molecule has 0 aliphatic rings. The number of allylic oxidation sites excluding steroid dienone is 1. The second-order valence-corrected chi connectivity index (χ2v) is 13.5. The SMILES string of the molecule is Cc1cc(-c2ccc(-c3ccc(/C=C(/C#N)P(O)O)cc3)c3nsnc23)sc1-c1ccc(N(c2ccccc2)c2ccccc2)cc1. The molecule has 0 aliphatic carbocycles. The largest absolute Gasteiger partial charge is 0.346 e. The van der Waals surface area contributed by atoms with Gasteiger partial charge in [-0.1, -0.05) is 84.9 Å². The number of hydrogen-bond acceptors (Lipinski definition) is 8. The lowest BCUT2D eigenvalue weighted by Gasteiger charge is -2.25. The maximum atomic E-state index is 9.43. The van der Waals surface area contributed by atoms with E-state index in [4.69, 9.17) is 9.64 Å². The second kappa shape index (κ2) is 13.4. The summed E-state index contributed by atoms with van der Waals surface area (Å²) in [6.07, 6.45) is 1.49. The molecule has 2 heterocycles. The molecule has 47 heavy (non-hydrogen) atoms. The third-order valence-electron chi connectivity index (χ3n) is 7.87. The summed E-state index contributed by atoms with van der Waals surface area (Å²) in [6, 6.07) is 45.4. The summed E-state index contributed by atoms with van der Waals surface area (Å²) in [5.41, 5.74) is 11.1. The molecule has 0 spiro atoms. The summed E-state index contributed by atoms with van der Waals surface area (Å²) in [7, 11) is -2.44. The van der Waals surface area contributed by atoms with E-state index in [0.717, 1.165) is 55.2 Å². The van der Waals surface area contributed by atoms with Crippen LogP contribution in [0.3, 0.4) is 0 Å². The zero-order valence-electron chi connectivity index (χ0n) is 25.1. The molecule has 0 unspecified atom stereocenters. The maximum Gasteiger partial charge on any atom is 0.210 e. The van der Waals surface area contributed by atoms with Crippen LogP contribution in [0.25, 0.3) is 49.1 Å². The second-order valence-electron chi connectivity index (χ2n) is 10.9. The Morgan fingerprint density at radius 3 is 1.87 bits per heavy atom. The Labute approximate surface area is 282 Å². The number of nitrogens with zero attached hydrogens (tertiary/aromatic N) is 4. The summed E-state index contributed by atoms with van der Waals surface area (Å²) in [6.45, 7) is 2.15. The Balaban J connectivity index is 1.19. The summed E-state index contributed by atoms with van der Waals surface area (Å²) in [5, 5.41) is 9.11. The van der Waals surface area contributed by atoms with Gasteiger partial charge in [-0.2, -0.15) is 14.0 Å². The van der Waals surface area contributed by atoms with Crippen molar-refractivity contribution in [3.8, 4) is 38.1 Å². The van der Waals surface area contributed by atoms with Crippen LogP contribution in [0.15, 0.2) is 133 Å². The van der Waals surface area contributed by atoms with Gasteiger partial charge >= 0.3 is 0 Å². The van der Waals surface area contributed by atoms with E-state index in [0.29, 0.717) is 5.56 Å². The number of hydrogen-bond donors (Lipinski definition) is 2. The van der Waals surface area contributed by atoms with Crippen LogP contribution in [0.5, 0.6) is 0 Å². The molecule has 5 aromatic carbocycles. The van der Waals surface area contributed by atoms with Crippen molar-refractivity contribution in [2.45, 2.75) is 6.92 Å². The van der Waals surface area contributed by atoms with Gasteiger partial charge in [0.25, 0.3) is 0 Å². The van der Waals surface area contributed by atoms with E-state index in [1.54, 1.807) is 11.3 Å². The molecule has 9 heteroatoms. The molecule has 2 N–H and O–H groups in total. The number of aromatic nitrogens is 2. The average Bonchev–Trinajstić information content (AvgIpc) is 3.76. The Bertz CT molecular complexity index is 2200. The van der Waals surface area contributed by atoms with Crippen molar-refractivity contribution in [1.82, 2.24) is 8.75 Å². The highest BCUT2D eigenvalue weighted by Crippen LogP contribution is 2.43. The van der Waals surface area contributed by atoms with E-state index in [2.05, 4.69) is 107 Å². The van der Waals surface area contributed by atoms with E-state index < -0.39 is 8.38 Å². The molecular formula is C38H27N4O2PS2. The molecule has 0 amide bonds. The first kappa shape index (κ1) is 30.6. The van der Waals surface area contributed by atoms with Crippen LogP contribution in [-0.4, -0.2) is 18.5 Å². The molecule has 7 aromatic rings. The molecule has 6 nitrogen and oxygen atoms in total. The molecule has 0 aliphatic heterocycles. The lowest BCUT2D eigenvalue weighted by atomic mass is 9.99. The van der Waals surface area contributed by atoms with Gasteiger partial charge in [0.15, 0.2) is 0 Å². The molecule has 0 radical (unpaired) electrons. The lowest BCUT2D eigenvalue weighted by molar-refractivity contribution is 0.494. The summed E-state index contributed by atoms with van der Waals surface area (Å²) in [5.74, 6) is 0. The van der Waals surface area contributed by atoms with Gasteiger partial charge in [0.2, 0.25) is 8.38 Å². The highest BCUT2D eigenvalue weighted by atomic mass is 32.1. The van der Waals surface area contributed by atoms with Crippen molar-refractivity contribution in [1.29, 1.82) is 5.26 Å². The zero-order chi connectivity index (χ0) is 32.3. The molecule has 0 saturated heterocycles. The molecule has 0 atom stereocenters. The lowest BCUT2D eigenvalue weighted by Crippen LogP contribution is -2.09. The fourth-order valence-corrected chi connectivity index (χ4v) is 7.75. The standard InChI is InChI=1S/C38H27N4O2PS2/c1-25-22-35(34-21-20-33(36-37(34)41-47-40-36)27-14-12-26(13-15-27)23-32(24-39)45(43)44)46-38(25)28-16-18-31(19-17-28)42(29-8-4-2-5-9-29)30-10-6-3-7-11-30/h2-23,43-44H,1H3/b32-23-. The third-order valence-corrected chi connectivity index (χ3v) is 10.4. The van der Waals surface area contributed by atoms with Crippen LogP contribution in [0, 0.1) is 18.3 Å². The van der Waals surface area contributed by atoms with Crippen molar-refractivity contribution in [2.75, 3.05) is 4.90 Å². The molecule has 0 saturated carbocycles. The molecule has 0 bridgehead atoms. The quantitative estimate of drug-likeness (QED) is 0.124. The van der Waals surface area contributed by atoms with E-state index in [1.807, 2.05) is 42.5 Å².